The molecular weight excluding hydrogens is 204 g/mol. The van der Waals surface area contributed by atoms with Crippen molar-refractivity contribution in [1.29, 1.82) is 0 Å². The lowest BCUT2D eigenvalue weighted by Gasteiger charge is -2.03. The number of nitrogens with zero attached hydrogens (tertiary/aromatic N) is 2. The second-order valence-electron chi connectivity index (χ2n) is 4.20. The lowest BCUT2D eigenvalue weighted by Crippen LogP contribution is -2.15. The van der Waals surface area contributed by atoms with E-state index in [-0.39, 0.29) is 5.69 Å². The normalized spacial score (nSPS) is 22.8. The molecule has 1 aliphatic rings. The topological polar surface area (TPSA) is 80.9 Å². The molecule has 1 amide bonds. The van der Waals surface area contributed by atoms with Gasteiger partial charge in [0, 0.05) is 6.04 Å². The van der Waals surface area contributed by atoms with Crippen molar-refractivity contribution in [2.45, 2.75) is 32.2 Å². The van der Waals surface area contributed by atoms with Gasteiger partial charge in [0.05, 0.1) is 0 Å². The molecule has 1 aromatic rings. The number of amides is 1. The van der Waals surface area contributed by atoms with Crippen LogP contribution in [0.25, 0.3) is 0 Å². The van der Waals surface area contributed by atoms with Gasteiger partial charge in [0.25, 0.3) is 5.91 Å². The van der Waals surface area contributed by atoms with Gasteiger partial charge in [0.2, 0.25) is 0 Å². The van der Waals surface area contributed by atoms with Crippen molar-refractivity contribution in [3.05, 3.63) is 17.8 Å². The van der Waals surface area contributed by atoms with E-state index >= 15 is 0 Å². The fourth-order valence-corrected chi connectivity index (χ4v) is 1.84. The van der Waals surface area contributed by atoms with Crippen molar-refractivity contribution in [2.75, 3.05) is 5.32 Å². The van der Waals surface area contributed by atoms with Gasteiger partial charge in [-0.2, -0.15) is 0 Å². The van der Waals surface area contributed by atoms with E-state index in [1.807, 2.05) is 0 Å². The number of carbonyl (C=O) groups excluding carboxylic acids is 1. The summed E-state index contributed by atoms with van der Waals surface area (Å²) in [6, 6.07) is 3.86. The van der Waals surface area contributed by atoms with Crippen molar-refractivity contribution in [2.24, 2.45) is 11.7 Å². The van der Waals surface area contributed by atoms with Crippen molar-refractivity contribution >= 4 is 11.7 Å². The van der Waals surface area contributed by atoms with Crippen LogP contribution < -0.4 is 11.1 Å². The van der Waals surface area contributed by atoms with Crippen molar-refractivity contribution in [3.8, 4) is 0 Å². The maximum absolute atomic E-state index is 10.8. The Bertz CT molecular complexity index is 376. The van der Waals surface area contributed by atoms with Crippen LogP contribution >= 0.6 is 0 Å². The Morgan fingerprint density at radius 2 is 2.38 bits per heavy atom. The minimum atomic E-state index is -0.547. The van der Waals surface area contributed by atoms with Crippen molar-refractivity contribution in [3.63, 3.8) is 0 Å². The average Bonchev–Trinajstić information content (AvgIpc) is 2.98. The molecule has 0 aliphatic heterocycles. The molecule has 16 heavy (non-hydrogen) atoms. The maximum Gasteiger partial charge on any atom is 0.269 e. The molecule has 1 aromatic heterocycles. The number of rotatable bonds is 5. The lowest BCUT2D eigenvalue weighted by molar-refractivity contribution is 0.0994. The van der Waals surface area contributed by atoms with Gasteiger partial charge in [0.15, 0.2) is 5.69 Å². The fraction of sp³-hybridized carbons (Fsp3) is 0.545. The van der Waals surface area contributed by atoms with Gasteiger partial charge in [-0.15, -0.1) is 10.2 Å². The van der Waals surface area contributed by atoms with E-state index in [9.17, 15) is 4.79 Å². The van der Waals surface area contributed by atoms with Crippen LogP contribution in [0, 0.1) is 5.92 Å². The first-order valence-electron chi connectivity index (χ1n) is 5.60. The molecule has 0 radical (unpaired) electrons. The van der Waals surface area contributed by atoms with Gasteiger partial charge in [-0.3, -0.25) is 4.79 Å². The van der Waals surface area contributed by atoms with E-state index in [0.29, 0.717) is 11.9 Å². The number of anilines is 1. The van der Waals surface area contributed by atoms with E-state index in [2.05, 4.69) is 22.4 Å². The highest BCUT2D eigenvalue weighted by molar-refractivity contribution is 5.90. The Kier molecular flexibility index (Phi) is 3.03. The summed E-state index contributed by atoms with van der Waals surface area (Å²) in [5, 5.41) is 10.9. The van der Waals surface area contributed by atoms with Crippen LogP contribution in [-0.4, -0.2) is 22.1 Å². The van der Waals surface area contributed by atoms with Crippen LogP contribution in [0.15, 0.2) is 12.1 Å². The lowest BCUT2D eigenvalue weighted by atomic mass is 10.2. The predicted molar refractivity (Wildman–Crippen MR) is 61.0 cm³/mol. The van der Waals surface area contributed by atoms with Crippen LogP contribution in [0.1, 0.15) is 36.7 Å². The number of carbonyl (C=O) groups is 1. The first kappa shape index (κ1) is 10.9. The van der Waals surface area contributed by atoms with Gasteiger partial charge >= 0.3 is 0 Å². The van der Waals surface area contributed by atoms with Crippen molar-refractivity contribution in [1.82, 2.24) is 10.2 Å². The second kappa shape index (κ2) is 4.47. The molecular formula is C11H16N4O. The Hall–Kier alpha value is -1.65. The monoisotopic (exact) mass is 220 g/mol. The summed E-state index contributed by atoms with van der Waals surface area (Å²) in [5.41, 5.74) is 5.28. The maximum atomic E-state index is 10.8. The summed E-state index contributed by atoms with van der Waals surface area (Å²) in [6.07, 6.45) is 3.67. The third kappa shape index (κ3) is 2.48. The molecule has 1 heterocycles. The van der Waals surface area contributed by atoms with E-state index in [1.165, 1.54) is 19.3 Å². The Morgan fingerprint density at radius 3 is 2.94 bits per heavy atom. The molecule has 86 valence electrons. The van der Waals surface area contributed by atoms with E-state index in [0.717, 1.165) is 5.92 Å². The Labute approximate surface area is 94.4 Å². The molecule has 0 saturated heterocycles. The average molecular weight is 220 g/mol. The quantitative estimate of drug-likeness (QED) is 0.780. The molecule has 2 unspecified atom stereocenters. The molecule has 0 aromatic carbocycles. The van der Waals surface area contributed by atoms with E-state index in [1.54, 1.807) is 12.1 Å². The van der Waals surface area contributed by atoms with Crippen LogP contribution in [0.4, 0.5) is 5.82 Å². The predicted octanol–water partition coefficient (Wildman–Crippen LogP) is 1.18. The number of hydrogen-bond donors (Lipinski definition) is 2. The third-order valence-corrected chi connectivity index (χ3v) is 2.83. The highest BCUT2D eigenvalue weighted by atomic mass is 16.1. The zero-order valence-electron chi connectivity index (χ0n) is 9.31. The zero-order chi connectivity index (χ0) is 11.5. The number of hydrogen-bond acceptors (Lipinski definition) is 4. The van der Waals surface area contributed by atoms with Gasteiger partial charge < -0.3 is 11.1 Å². The van der Waals surface area contributed by atoms with Gasteiger partial charge in [-0.25, -0.2) is 0 Å². The van der Waals surface area contributed by atoms with Crippen LogP contribution in [0.2, 0.25) is 0 Å². The first-order valence-corrected chi connectivity index (χ1v) is 5.60. The highest BCUT2D eigenvalue weighted by Gasteiger charge is 2.36. The van der Waals surface area contributed by atoms with E-state index in [4.69, 9.17) is 5.73 Å². The molecule has 0 spiro atoms. The van der Waals surface area contributed by atoms with E-state index < -0.39 is 5.91 Å². The number of aromatic nitrogens is 2. The summed E-state index contributed by atoms with van der Waals surface area (Å²) in [6.45, 7) is 2.19. The largest absolute Gasteiger partial charge is 0.366 e. The molecule has 1 aliphatic carbocycles. The Balaban J connectivity index is 1.89. The highest BCUT2D eigenvalue weighted by Crippen LogP contribution is 2.36. The number of nitrogens with one attached hydrogen (secondary N) is 1. The summed E-state index contributed by atoms with van der Waals surface area (Å²) >= 11 is 0. The minimum absolute atomic E-state index is 0.200. The van der Waals surface area contributed by atoms with Gasteiger partial charge in [0.1, 0.15) is 5.82 Å². The zero-order valence-corrected chi connectivity index (χ0v) is 9.31. The molecule has 5 heteroatoms. The molecule has 3 N–H and O–H groups in total. The molecule has 1 fully saturated rings. The SMILES string of the molecule is CCCC1CC1Nc1ccc(C(N)=O)nn1. The summed E-state index contributed by atoms with van der Waals surface area (Å²) in [7, 11) is 0. The standard InChI is InChI=1S/C11H16N4O/c1-2-3-7-6-9(7)13-10-5-4-8(11(12)16)14-15-10/h4-5,7,9H,2-3,6H2,1H3,(H2,12,16)(H,13,15). The number of nitrogens with two attached hydrogens (primary N) is 1. The Morgan fingerprint density at radius 1 is 1.56 bits per heavy atom. The number of primary amides is 1. The van der Waals surface area contributed by atoms with Crippen LogP contribution in [0.5, 0.6) is 0 Å². The summed E-state index contributed by atoms with van der Waals surface area (Å²) in [4.78, 5) is 10.8. The fourth-order valence-electron chi connectivity index (χ4n) is 1.84. The molecule has 2 rings (SSSR count). The molecule has 5 nitrogen and oxygen atoms in total. The second-order valence-corrected chi connectivity index (χ2v) is 4.20. The minimum Gasteiger partial charge on any atom is -0.366 e. The smallest absolute Gasteiger partial charge is 0.269 e. The van der Waals surface area contributed by atoms with Crippen LogP contribution in [-0.2, 0) is 0 Å². The summed E-state index contributed by atoms with van der Waals surface area (Å²) < 4.78 is 0. The summed E-state index contributed by atoms with van der Waals surface area (Å²) in [5.74, 6) is 0.936. The van der Waals surface area contributed by atoms with Crippen molar-refractivity contribution < 1.29 is 4.79 Å². The third-order valence-electron chi connectivity index (χ3n) is 2.83. The molecule has 0 bridgehead atoms. The molecule has 1 saturated carbocycles. The van der Waals surface area contributed by atoms with Gasteiger partial charge in [-0.05, 0) is 30.9 Å². The van der Waals surface area contributed by atoms with Gasteiger partial charge in [-0.1, -0.05) is 13.3 Å². The molecule has 2 atom stereocenters. The van der Waals surface area contributed by atoms with Crippen LogP contribution in [0.3, 0.4) is 0 Å². The first-order chi connectivity index (χ1) is 7.70.